The van der Waals surface area contributed by atoms with Gasteiger partial charge < -0.3 is 10.3 Å². The highest BCUT2D eigenvalue weighted by Gasteiger charge is 2.28. The molecule has 1 atom stereocenters. The molecular weight excluding hydrogens is 268 g/mol. The molecule has 3 N–H and O–H groups in total. The topological polar surface area (TPSA) is 90.0 Å². The molecule has 0 radical (unpaired) electrons. The maximum absolute atomic E-state index is 11.9. The molecule has 1 unspecified atom stereocenters. The van der Waals surface area contributed by atoms with Crippen LogP contribution in [0.3, 0.4) is 0 Å². The average Bonchev–Trinajstić information content (AvgIpc) is 2.88. The first kappa shape index (κ1) is 13.3. The van der Waals surface area contributed by atoms with Gasteiger partial charge in [0.2, 0.25) is 11.8 Å². The first-order valence-electron chi connectivity index (χ1n) is 6.68. The minimum Gasteiger partial charge on any atom is -0.320 e. The lowest BCUT2D eigenvalue weighted by Gasteiger charge is -2.22. The van der Waals surface area contributed by atoms with Crippen LogP contribution in [-0.4, -0.2) is 27.9 Å². The molecule has 2 heterocycles. The predicted molar refractivity (Wildman–Crippen MR) is 77.1 cm³/mol. The smallest absolute Gasteiger partial charge is 0.249 e. The van der Waals surface area contributed by atoms with E-state index in [0.29, 0.717) is 19.4 Å². The van der Waals surface area contributed by atoms with Gasteiger partial charge in [0.05, 0.1) is 23.9 Å². The monoisotopic (exact) mass is 282 g/mol. The lowest BCUT2D eigenvalue weighted by atomic mass is 10.1. The van der Waals surface area contributed by atoms with Gasteiger partial charge in [-0.25, -0.2) is 4.98 Å². The van der Waals surface area contributed by atoms with E-state index in [1.165, 1.54) is 0 Å². The van der Waals surface area contributed by atoms with Crippen molar-refractivity contribution >= 4 is 22.8 Å². The van der Waals surface area contributed by atoms with Crippen LogP contribution in [0.4, 0.5) is 0 Å². The Morgan fingerprint density at radius 3 is 3.05 bits per heavy atom. The van der Waals surface area contributed by atoms with Crippen LogP contribution in [0.15, 0.2) is 24.5 Å². The minimum absolute atomic E-state index is 0.222. The standard InChI is InChI=1S/C15H14N4O2/c16-7-1-2-10-3-4-12-11(8-10)17-9-19(12)13-5-6-14(20)18-15(13)21/h3-4,8-9,13H,5-7,16H2,(H,18,20,21). The first-order valence-corrected chi connectivity index (χ1v) is 6.68. The number of nitrogens with two attached hydrogens (primary N) is 1. The number of nitrogens with zero attached hydrogens (tertiary/aromatic N) is 2. The third kappa shape index (κ3) is 2.51. The van der Waals surface area contributed by atoms with E-state index < -0.39 is 6.04 Å². The summed E-state index contributed by atoms with van der Waals surface area (Å²) in [5.74, 6) is 5.24. The van der Waals surface area contributed by atoms with Crippen molar-refractivity contribution in [1.82, 2.24) is 14.9 Å². The predicted octanol–water partition coefficient (Wildman–Crippen LogP) is 0.324. The van der Waals surface area contributed by atoms with E-state index in [0.717, 1.165) is 16.6 Å². The van der Waals surface area contributed by atoms with E-state index in [9.17, 15) is 9.59 Å². The van der Waals surface area contributed by atoms with Crippen LogP contribution >= 0.6 is 0 Å². The van der Waals surface area contributed by atoms with Crippen LogP contribution in [0.25, 0.3) is 11.0 Å². The summed E-state index contributed by atoms with van der Waals surface area (Å²) >= 11 is 0. The Morgan fingerprint density at radius 1 is 1.43 bits per heavy atom. The van der Waals surface area contributed by atoms with E-state index in [4.69, 9.17) is 5.73 Å². The third-order valence-corrected chi connectivity index (χ3v) is 3.46. The molecule has 6 nitrogen and oxygen atoms in total. The summed E-state index contributed by atoms with van der Waals surface area (Å²) < 4.78 is 1.80. The molecule has 0 saturated carbocycles. The molecule has 1 aliphatic heterocycles. The fraction of sp³-hybridized carbons (Fsp3) is 0.267. The van der Waals surface area contributed by atoms with Crippen molar-refractivity contribution in [2.24, 2.45) is 5.73 Å². The largest absolute Gasteiger partial charge is 0.320 e. The van der Waals surface area contributed by atoms with Gasteiger partial charge in [-0.2, -0.15) is 0 Å². The van der Waals surface area contributed by atoms with Crippen molar-refractivity contribution in [3.8, 4) is 11.8 Å². The van der Waals surface area contributed by atoms with E-state index in [-0.39, 0.29) is 11.8 Å². The molecule has 3 rings (SSSR count). The number of amides is 2. The van der Waals surface area contributed by atoms with Gasteiger partial charge in [0.15, 0.2) is 0 Å². The Labute approximate surface area is 121 Å². The number of fused-ring (bicyclic) bond motifs is 1. The lowest BCUT2D eigenvalue weighted by molar-refractivity contribution is -0.135. The van der Waals surface area contributed by atoms with Crippen molar-refractivity contribution in [2.45, 2.75) is 18.9 Å². The van der Waals surface area contributed by atoms with Gasteiger partial charge in [0, 0.05) is 12.0 Å². The molecule has 0 spiro atoms. The van der Waals surface area contributed by atoms with Crippen molar-refractivity contribution < 1.29 is 9.59 Å². The molecule has 1 aromatic heterocycles. The highest BCUT2D eigenvalue weighted by Crippen LogP contribution is 2.24. The molecule has 1 saturated heterocycles. The van der Waals surface area contributed by atoms with Crippen molar-refractivity contribution in [3.63, 3.8) is 0 Å². The van der Waals surface area contributed by atoms with Gasteiger partial charge in [-0.15, -0.1) is 0 Å². The van der Waals surface area contributed by atoms with Crippen LogP contribution in [0.2, 0.25) is 0 Å². The summed E-state index contributed by atoms with van der Waals surface area (Å²) in [4.78, 5) is 27.5. The van der Waals surface area contributed by atoms with Crippen LogP contribution in [0.5, 0.6) is 0 Å². The van der Waals surface area contributed by atoms with E-state index in [1.54, 1.807) is 10.9 Å². The molecule has 106 valence electrons. The molecule has 6 heteroatoms. The third-order valence-electron chi connectivity index (χ3n) is 3.46. The molecule has 1 aromatic carbocycles. The maximum atomic E-state index is 11.9. The van der Waals surface area contributed by atoms with Crippen LogP contribution in [-0.2, 0) is 9.59 Å². The average molecular weight is 282 g/mol. The lowest BCUT2D eigenvalue weighted by Crippen LogP contribution is -2.41. The van der Waals surface area contributed by atoms with Gasteiger partial charge >= 0.3 is 0 Å². The van der Waals surface area contributed by atoms with Gasteiger partial charge in [0.1, 0.15) is 6.04 Å². The first-order chi connectivity index (χ1) is 10.2. The highest BCUT2D eigenvalue weighted by atomic mass is 16.2. The second kappa shape index (κ2) is 5.38. The Bertz CT molecular complexity index is 782. The highest BCUT2D eigenvalue weighted by molar-refractivity contribution is 6.00. The number of rotatable bonds is 1. The Morgan fingerprint density at radius 2 is 2.29 bits per heavy atom. The number of hydrogen-bond donors (Lipinski definition) is 2. The Kier molecular flexibility index (Phi) is 3.42. The van der Waals surface area contributed by atoms with Crippen molar-refractivity contribution in [3.05, 3.63) is 30.1 Å². The molecule has 2 amide bonds. The summed E-state index contributed by atoms with van der Waals surface area (Å²) in [6.45, 7) is 0.308. The molecule has 0 bridgehead atoms. The molecule has 21 heavy (non-hydrogen) atoms. The number of benzene rings is 1. The fourth-order valence-electron chi connectivity index (χ4n) is 2.46. The van der Waals surface area contributed by atoms with E-state index in [1.807, 2.05) is 18.2 Å². The summed E-state index contributed by atoms with van der Waals surface area (Å²) in [5.41, 5.74) is 7.80. The van der Waals surface area contributed by atoms with Crippen LogP contribution in [0, 0.1) is 11.8 Å². The number of aromatic nitrogens is 2. The number of imide groups is 1. The Balaban J connectivity index is 1.97. The van der Waals surface area contributed by atoms with Gasteiger partial charge in [-0.1, -0.05) is 11.8 Å². The quantitative estimate of drug-likeness (QED) is 0.582. The number of carbonyl (C=O) groups is 2. The second-order valence-corrected chi connectivity index (χ2v) is 4.83. The van der Waals surface area contributed by atoms with Gasteiger partial charge in [0.25, 0.3) is 0 Å². The molecule has 1 aliphatic rings. The number of imidazole rings is 1. The van der Waals surface area contributed by atoms with Crippen molar-refractivity contribution in [1.29, 1.82) is 0 Å². The number of nitrogens with one attached hydrogen (secondary N) is 1. The summed E-state index contributed by atoms with van der Waals surface area (Å²) in [6, 6.07) is 5.22. The number of hydrogen-bond acceptors (Lipinski definition) is 4. The summed E-state index contributed by atoms with van der Waals surface area (Å²) in [7, 11) is 0. The normalized spacial score (nSPS) is 18.2. The molecule has 1 fully saturated rings. The van der Waals surface area contributed by atoms with E-state index in [2.05, 4.69) is 22.1 Å². The SMILES string of the molecule is NCC#Cc1ccc2c(c1)ncn2C1CCC(=O)NC1=O. The molecule has 0 aliphatic carbocycles. The maximum Gasteiger partial charge on any atom is 0.249 e. The Hall–Kier alpha value is -2.65. The zero-order valence-electron chi connectivity index (χ0n) is 11.3. The summed E-state index contributed by atoms with van der Waals surface area (Å²) in [6.07, 6.45) is 2.46. The van der Waals surface area contributed by atoms with Crippen molar-refractivity contribution in [2.75, 3.05) is 6.54 Å². The van der Waals surface area contributed by atoms with Gasteiger partial charge in [-0.3, -0.25) is 14.9 Å². The molecular formula is C15H14N4O2. The minimum atomic E-state index is -0.395. The van der Waals surface area contributed by atoms with Crippen LogP contribution < -0.4 is 11.1 Å². The number of piperidine rings is 1. The molecule has 2 aromatic rings. The summed E-state index contributed by atoms with van der Waals surface area (Å²) in [5, 5.41) is 2.36. The second-order valence-electron chi connectivity index (χ2n) is 4.83. The fourth-order valence-corrected chi connectivity index (χ4v) is 2.46. The number of carbonyl (C=O) groups excluding carboxylic acids is 2. The van der Waals surface area contributed by atoms with Gasteiger partial charge in [-0.05, 0) is 24.6 Å². The van der Waals surface area contributed by atoms with E-state index >= 15 is 0 Å². The zero-order chi connectivity index (χ0) is 14.8. The van der Waals surface area contributed by atoms with Crippen LogP contribution in [0.1, 0.15) is 24.4 Å². The zero-order valence-corrected chi connectivity index (χ0v) is 11.3.